The van der Waals surface area contributed by atoms with E-state index in [0.717, 1.165) is 16.0 Å². The molecule has 0 aromatic carbocycles. The largest absolute Gasteiger partial charge is 0.321 e. The van der Waals surface area contributed by atoms with Gasteiger partial charge in [0.15, 0.2) is 0 Å². The van der Waals surface area contributed by atoms with Crippen molar-refractivity contribution >= 4 is 22.2 Å². The van der Waals surface area contributed by atoms with E-state index in [9.17, 15) is 4.79 Å². The summed E-state index contributed by atoms with van der Waals surface area (Å²) < 4.78 is 0. The molecule has 4 nitrogen and oxygen atoms in total. The number of nitriles is 1. The van der Waals surface area contributed by atoms with Crippen LogP contribution in [0, 0.1) is 11.3 Å². The van der Waals surface area contributed by atoms with E-state index in [1.807, 2.05) is 23.6 Å². The summed E-state index contributed by atoms with van der Waals surface area (Å²) in [5.41, 5.74) is 1.22. The number of fused-ring (bicyclic) bond motifs is 1. The molecule has 0 saturated carbocycles. The minimum atomic E-state index is -0.367. The van der Waals surface area contributed by atoms with Crippen LogP contribution in [0.1, 0.15) is 5.56 Å². The van der Waals surface area contributed by atoms with Gasteiger partial charge in [0.2, 0.25) is 0 Å². The van der Waals surface area contributed by atoms with Crippen LogP contribution in [0.2, 0.25) is 0 Å². The first-order chi connectivity index (χ1) is 8.79. The van der Waals surface area contributed by atoms with Gasteiger partial charge in [0.25, 0.3) is 5.56 Å². The molecule has 3 rings (SSSR count). The van der Waals surface area contributed by atoms with E-state index < -0.39 is 0 Å². The molecule has 0 fully saturated rings. The number of aromatic amines is 1. The van der Waals surface area contributed by atoms with Gasteiger partial charge in [-0.15, -0.1) is 11.3 Å². The van der Waals surface area contributed by atoms with Crippen LogP contribution in [0.15, 0.2) is 40.6 Å². The van der Waals surface area contributed by atoms with Crippen molar-refractivity contribution in [1.82, 2.24) is 9.97 Å². The number of H-pyrrole nitrogens is 1. The Morgan fingerprint density at radius 3 is 3.00 bits per heavy atom. The normalized spacial score (nSPS) is 10.4. The van der Waals surface area contributed by atoms with Crippen LogP contribution in [-0.4, -0.2) is 9.97 Å². The van der Waals surface area contributed by atoms with Gasteiger partial charge in [0.05, 0.1) is 16.1 Å². The number of aromatic nitrogens is 2. The fourth-order valence-corrected chi connectivity index (χ4v) is 2.56. The Hall–Kier alpha value is -2.45. The third-order valence-corrected chi connectivity index (χ3v) is 3.52. The second-order valence-electron chi connectivity index (χ2n) is 3.72. The molecule has 0 radical (unpaired) electrons. The average Bonchev–Trinajstić information content (AvgIpc) is 2.90. The van der Waals surface area contributed by atoms with Crippen LogP contribution in [0.3, 0.4) is 0 Å². The maximum atomic E-state index is 11.6. The third-order valence-electron chi connectivity index (χ3n) is 2.65. The van der Waals surface area contributed by atoms with Crippen molar-refractivity contribution in [2.45, 2.75) is 0 Å². The zero-order chi connectivity index (χ0) is 12.5. The highest BCUT2D eigenvalue weighted by Gasteiger charge is 2.09. The number of rotatable bonds is 1. The summed E-state index contributed by atoms with van der Waals surface area (Å²) in [7, 11) is 0. The van der Waals surface area contributed by atoms with Gasteiger partial charge in [0.1, 0.15) is 11.6 Å². The van der Waals surface area contributed by atoms with Gasteiger partial charge in [0, 0.05) is 11.6 Å². The lowest BCUT2D eigenvalue weighted by Gasteiger charge is -2.03. The first-order valence-electron chi connectivity index (χ1n) is 5.25. The molecule has 1 N–H and O–H groups in total. The number of nitrogens with one attached hydrogen (secondary N) is 1. The zero-order valence-corrected chi connectivity index (χ0v) is 9.99. The van der Waals surface area contributed by atoms with Gasteiger partial charge in [-0.2, -0.15) is 5.26 Å². The SMILES string of the molecule is N#Cc1cc2c(-c3cccs3)nccc2[nH]c1=O. The summed E-state index contributed by atoms with van der Waals surface area (Å²) in [4.78, 5) is 19.6. The molecule has 0 amide bonds. The van der Waals surface area contributed by atoms with Crippen LogP contribution in [-0.2, 0) is 0 Å². The average molecular weight is 253 g/mol. The van der Waals surface area contributed by atoms with Crippen molar-refractivity contribution in [3.05, 3.63) is 51.8 Å². The van der Waals surface area contributed by atoms with E-state index in [2.05, 4.69) is 9.97 Å². The van der Waals surface area contributed by atoms with Crippen molar-refractivity contribution in [2.24, 2.45) is 0 Å². The summed E-state index contributed by atoms with van der Waals surface area (Å²) in [5.74, 6) is 0. The lowest BCUT2D eigenvalue weighted by molar-refractivity contribution is 1.25. The molecule has 0 aliphatic heterocycles. The molecule has 5 heteroatoms. The van der Waals surface area contributed by atoms with E-state index in [1.54, 1.807) is 29.7 Å². The van der Waals surface area contributed by atoms with Crippen molar-refractivity contribution in [3.63, 3.8) is 0 Å². The summed E-state index contributed by atoms with van der Waals surface area (Å²) in [6.07, 6.45) is 1.65. The number of thiophene rings is 1. The molecule has 0 unspecified atom stereocenters. The van der Waals surface area contributed by atoms with Gasteiger partial charge in [-0.25, -0.2) is 0 Å². The number of hydrogen-bond acceptors (Lipinski definition) is 4. The standard InChI is InChI=1S/C13H7N3OS/c14-7-8-6-9-10(16-13(8)17)3-4-15-12(9)11-2-1-5-18-11/h1-6H,(H,16,17). The summed E-state index contributed by atoms with van der Waals surface area (Å²) in [6.45, 7) is 0. The molecule has 0 aliphatic carbocycles. The zero-order valence-electron chi connectivity index (χ0n) is 9.18. The molecule has 18 heavy (non-hydrogen) atoms. The molecule has 0 saturated heterocycles. The highest BCUT2D eigenvalue weighted by molar-refractivity contribution is 7.13. The van der Waals surface area contributed by atoms with E-state index >= 15 is 0 Å². The number of hydrogen-bond donors (Lipinski definition) is 1. The Morgan fingerprint density at radius 1 is 1.39 bits per heavy atom. The van der Waals surface area contributed by atoms with Crippen LogP contribution in [0.4, 0.5) is 0 Å². The highest BCUT2D eigenvalue weighted by atomic mass is 32.1. The third kappa shape index (κ3) is 1.60. The first kappa shape index (κ1) is 10.7. The highest BCUT2D eigenvalue weighted by Crippen LogP contribution is 2.28. The predicted molar refractivity (Wildman–Crippen MR) is 70.4 cm³/mol. The maximum Gasteiger partial charge on any atom is 0.266 e. The molecule has 86 valence electrons. The van der Waals surface area contributed by atoms with E-state index in [-0.39, 0.29) is 11.1 Å². The van der Waals surface area contributed by atoms with Crippen molar-refractivity contribution in [1.29, 1.82) is 5.26 Å². The Bertz CT molecular complexity index is 812. The maximum absolute atomic E-state index is 11.6. The molecule has 0 aliphatic rings. The summed E-state index contributed by atoms with van der Waals surface area (Å²) in [5, 5.41) is 11.7. The first-order valence-corrected chi connectivity index (χ1v) is 6.13. The summed E-state index contributed by atoms with van der Waals surface area (Å²) in [6, 6.07) is 9.12. The Balaban J connectivity index is 2.41. The van der Waals surface area contributed by atoms with Crippen LogP contribution in [0.5, 0.6) is 0 Å². The van der Waals surface area contributed by atoms with E-state index in [4.69, 9.17) is 5.26 Å². The van der Waals surface area contributed by atoms with Gasteiger partial charge in [-0.1, -0.05) is 6.07 Å². The minimum Gasteiger partial charge on any atom is -0.321 e. The lowest BCUT2D eigenvalue weighted by atomic mass is 10.1. The topological polar surface area (TPSA) is 69.5 Å². The predicted octanol–water partition coefficient (Wildman–Crippen LogP) is 2.52. The van der Waals surface area contributed by atoms with Gasteiger partial charge in [-0.3, -0.25) is 9.78 Å². The fourth-order valence-electron chi connectivity index (χ4n) is 1.82. The molecule has 0 spiro atoms. The molecule has 3 aromatic heterocycles. The van der Waals surface area contributed by atoms with Crippen LogP contribution < -0.4 is 5.56 Å². The van der Waals surface area contributed by atoms with Crippen molar-refractivity contribution in [3.8, 4) is 16.6 Å². The van der Waals surface area contributed by atoms with Crippen molar-refractivity contribution < 1.29 is 0 Å². The Morgan fingerprint density at radius 2 is 2.28 bits per heavy atom. The smallest absolute Gasteiger partial charge is 0.266 e. The fraction of sp³-hybridized carbons (Fsp3) is 0. The molecule has 0 bridgehead atoms. The van der Waals surface area contributed by atoms with E-state index in [1.165, 1.54) is 0 Å². The number of nitrogens with zero attached hydrogens (tertiary/aromatic N) is 2. The Kier molecular flexibility index (Phi) is 2.43. The van der Waals surface area contributed by atoms with Gasteiger partial charge < -0.3 is 4.98 Å². The molecular weight excluding hydrogens is 246 g/mol. The van der Waals surface area contributed by atoms with E-state index in [0.29, 0.717) is 5.52 Å². The van der Waals surface area contributed by atoms with Crippen molar-refractivity contribution in [2.75, 3.05) is 0 Å². The second-order valence-corrected chi connectivity index (χ2v) is 4.67. The minimum absolute atomic E-state index is 0.105. The lowest BCUT2D eigenvalue weighted by Crippen LogP contribution is -2.09. The van der Waals surface area contributed by atoms with Gasteiger partial charge in [-0.05, 0) is 23.6 Å². The molecular formula is C13H7N3OS. The molecule has 3 heterocycles. The quantitative estimate of drug-likeness (QED) is 0.724. The molecule has 0 atom stereocenters. The second kappa shape index (κ2) is 4.09. The Labute approximate surface area is 106 Å². The van der Waals surface area contributed by atoms with Crippen LogP contribution >= 0.6 is 11.3 Å². The monoisotopic (exact) mass is 253 g/mol. The van der Waals surface area contributed by atoms with Crippen LogP contribution in [0.25, 0.3) is 21.5 Å². The van der Waals surface area contributed by atoms with Gasteiger partial charge >= 0.3 is 0 Å². The number of pyridine rings is 2. The summed E-state index contributed by atoms with van der Waals surface area (Å²) >= 11 is 1.57. The molecule has 3 aromatic rings.